The largest absolute Gasteiger partial charge is 0.497 e. The summed E-state index contributed by atoms with van der Waals surface area (Å²) in [5.41, 5.74) is 7.64. The van der Waals surface area contributed by atoms with Gasteiger partial charge in [0.25, 0.3) is 0 Å². The molecular formula is C28H27NO2. The van der Waals surface area contributed by atoms with Crippen LogP contribution in [0.25, 0.3) is 5.57 Å². The van der Waals surface area contributed by atoms with Crippen LogP contribution in [-0.2, 0) is 17.6 Å². The summed E-state index contributed by atoms with van der Waals surface area (Å²) in [6.07, 6.45) is 2.53. The molecule has 0 bridgehead atoms. The monoisotopic (exact) mass is 409 g/mol. The number of aryl methyl sites for hydroxylation is 1. The summed E-state index contributed by atoms with van der Waals surface area (Å²) in [5, 5.41) is 0. The molecule has 0 fully saturated rings. The lowest BCUT2D eigenvalue weighted by Crippen LogP contribution is -2.42. The zero-order chi connectivity index (χ0) is 21.6. The first kappa shape index (κ1) is 19.6. The predicted octanol–water partition coefficient (Wildman–Crippen LogP) is 5.67. The molecule has 3 aromatic rings. The highest BCUT2D eigenvalue weighted by atomic mass is 16.5. The third-order valence-corrected chi connectivity index (χ3v) is 6.91. The van der Waals surface area contributed by atoms with Crippen LogP contribution in [0.5, 0.6) is 5.75 Å². The van der Waals surface area contributed by atoms with Crippen molar-refractivity contribution in [2.75, 3.05) is 19.1 Å². The van der Waals surface area contributed by atoms with Crippen molar-refractivity contribution >= 4 is 17.2 Å². The summed E-state index contributed by atoms with van der Waals surface area (Å²) >= 11 is 0. The van der Waals surface area contributed by atoms with E-state index in [1.54, 1.807) is 7.11 Å². The molecule has 1 amide bonds. The molecule has 0 N–H and O–H groups in total. The second-order valence-electron chi connectivity index (χ2n) is 8.75. The number of nitrogens with zero attached hydrogens (tertiary/aromatic N) is 1. The number of anilines is 1. The molecule has 0 saturated carbocycles. The predicted molar refractivity (Wildman–Crippen MR) is 125 cm³/mol. The molecule has 2 aliphatic rings. The molecule has 0 radical (unpaired) electrons. The zero-order valence-electron chi connectivity index (χ0n) is 18.3. The SMILES string of the molecule is COc1ccc2c(c1)N(C)C(=O)C(C)(Cc1ccccc1)C1=C2c2ccccc2CC1. The summed E-state index contributed by atoms with van der Waals surface area (Å²) in [6, 6.07) is 25.1. The van der Waals surface area contributed by atoms with Gasteiger partial charge in [-0.2, -0.15) is 0 Å². The van der Waals surface area contributed by atoms with Crippen LogP contribution >= 0.6 is 0 Å². The summed E-state index contributed by atoms with van der Waals surface area (Å²) in [5.74, 6) is 0.895. The number of methoxy groups -OCH3 is 1. The first-order valence-corrected chi connectivity index (χ1v) is 10.9. The van der Waals surface area contributed by atoms with Crippen molar-refractivity contribution in [1.29, 1.82) is 0 Å². The molecule has 3 heteroatoms. The van der Waals surface area contributed by atoms with Gasteiger partial charge < -0.3 is 9.64 Å². The van der Waals surface area contributed by atoms with Crippen molar-refractivity contribution < 1.29 is 9.53 Å². The van der Waals surface area contributed by atoms with Gasteiger partial charge in [0.1, 0.15) is 5.75 Å². The van der Waals surface area contributed by atoms with E-state index in [2.05, 4.69) is 61.5 Å². The van der Waals surface area contributed by atoms with Gasteiger partial charge in [-0.05, 0) is 66.2 Å². The molecule has 1 aliphatic carbocycles. The summed E-state index contributed by atoms with van der Waals surface area (Å²) in [7, 11) is 3.56. The second kappa shape index (κ2) is 7.42. The van der Waals surface area contributed by atoms with E-state index < -0.39 is 5.41 Å². The molecule has 1 heterocycles. The fourth-order valence-corrected chi connectivity index (χ4v) is 5.31. The third-order valence-electron chi connectivity index (χ3n) is 6.91. The second-order valence-corrected chi connectivity index (χ2v) is 8.75. The molecule has 0 spiro atoms. The Morgan fingerprint density at radius 2 is 1.68 bits per heavy atom. The number of carbonyl (C=O) groups is 1. The molecule has 1 atom stereocenters. The third kappa shape index (κ3) is 3.07. The lowest BCUT2D eigenvalue weighted by molar-refractivity contribution is -0.125. The average molecular weight is 410 g/mol. The number of hydrogen-bond acceptors (Lipinski definition) is 2. The Balaban J connectivity index is 1.80. The van der Waals surface area contributed by atoms with E-state index in [1.807, 2.05) is 30.1 Å². The van der Waals surface area contributed by atoms with Crippen LogP contribution < -0.4 is 9.64 Å². The highest BCUT2D eigenvalue weighted by molar-refractivity contribution is 6.08. The number of rotatable bonds is 3. The Morgan fingerprint density at radius 3 is 2.45 bits per heavy atom. The number of amides is 1. The van der Waals surface area contributed by atoms with Crippen LogP contribution in [0.2, 0.25) is 0 Å². The molecule has 0 saturated heterocycles. The minimum Gasteiger partial charge on any atom is -0.497 e. The van der Waals surface area contributed by atoms with Gasteiger partial charge in [0.2, 0.25) is 5.91 Å². The Labute approximate surface area is 184 Å². The molecule has 5 rings (SSSR count). The van der Waals surface area contributed by atoms with E-state index in [-0.39, 0.29) is 5.91 Å². The van der Waals surface area contributed by atoms with Gasteiger partial charge in [0.15, 0.2) is 0 Å². The maximum absolute atomic E-state index is 14.1. The molecule has 1 unspecified atom stereocenters. The number of ether oxygens (including phenoxy) is 1. The maximum atomic E-state index is 14.1. The fraction of sp³-hybridized carbons (Fsp3) is 0.250. The minimum atomic E-state index is -0.620. The summed E-state index contributed by atoms with van der Waals surface area (Å²) in [6.45, 7) is 2.13. The van der Waals surface area contributed by atoms with Crippen molar-refractivity contribution in [2.24, 2.45) is 5.41 Å². The molecule has 156 valence electrons. The van der Waals surface area contributed by atoms with Gasteiger partial charge in [-0.15, -0.1) is 0 Å². The van der Waals surface area contributed by atoms with Crippen LogP contribution in [0.4, 0.5) is 5.69 Å². The van der Waals surface area contributed by atoms with Gasteiger partial charge in [0, 0.05) is 18.7 Å². The Hall–Kier alpha value is -3.33. The average Bonchev–Trinajstić information content (AvgIpc) is 2.88. The van der Waals surface area contributed by atoms with Gasteiger partial charge >= 0.3 is 0 Å². The van der Waals surface area contributed by atoms with Crippen molar-refractivity contribution in [3.8, 4) is 5.75 Å². The van der Waals surface area contributed by atoms with Crippen LogP contribution in [0.1, 0.15) is 35.6 Å². The molecular weight excluding hydrogens is 382 g/mol. The maximum Gasteiger partial charge on any atom is 0.237 e. The van der Waals surface area contributed by atoms with Gasteiger partial charge in [0.05, 0.1) is 18.2 Å². The van der Waals surface area contributed by atoms with E-state index in [0.29, 0.717) is 6.42 Å². The van der Waals surface area contributed by atoms with Crippen molar-refractivity contribution in [3.63, 3.8) is 0 Å². The first-order valence-electron chi connectivity index (χ1n) is 10.9. The molecule has 1 aliphatic heterocycles. The van der Waals surface area contributed by atoms with Crippen molar-refractivity contribution in [2.45, 2.75) is 26.2 Å². The summed E-state index contributed by atoms with van der Waals surface area (Å²) in [4.78, 5) is 15.9. The van der Waals surface area contributed by atoms with E-state index in [1.165, 1.54) is 27.8 Å². The van der Waals surface area contributed by atoms with E-state index >= 15 is 0 Å². The van der Waals surface area contributed by atoms with Crippen LogP contribution in [0.15, 0.2) is 78.4 Å². The van der Waals surface area contributed by atoms with E-state index in [4.69, 9.17) is 4.74 Å². The molecule has 31 heavy (non-hydrogen) atoms. The molecule has 0 aromatic heterocycles. The lowest BCUT2D eigenvalue weighted by atomic mass is 9.68. The number of carbonyl (C=O) groups excluding carboxylic acids is 1. The number of fused-ring (bicyclic) bond motifs is 4. The Kier molecular flexibility index (Phi) is 4.70. The number of hydrogen-bond donors (Lipinski definition) is 0. The Morgan fingerprint density at radius 1 is 0.935 bits per heavy atom. The highest BCUT2D eigenvalue weighted by Gasteiger charge is 2.45. The highest BCUT2D eigenvalue weighted by Crippen LogP contribution is 2.51. The van der Waals surface area contributed by atoms with E-state index in [0.717, 1.165) is 29.8 Å². The minimum absolute atomic E-state index is 0.134. The van der Waals surface area contributed by atoms with E-state index in [9.17, 15) is 4.79 Å². The number of benzene rings is 3. The molecule has 3 nitrogen and oxygen atoms in total. The van der Waals surface area contributed by atoms with Crippen LogP contribution in [-0.4, -0.2) is 20.1 Å². The summed E-state index contributed by atoms with van der Waals surface area (Å²) < 4.78 is 5.50. The topological polar surface area (TPSA) is 29.5 Å². The Bertz CT molecular complexity index is 1190. The molecule has 3 aromatic carbocycles. The standard InChI is InChI=1S/C28H27NO2/c1-28(18-19-9-5-4-6-10-19)24-16-13-20-11-7-8-12-22(20)26(24)23-15-14-21(31-3)17-25(23)29(2)27(28)30/h4-12,14-15,17H,13,16,18H2,1-3H3. The van der Waals surface area contributed by atoms with Gasteiger partial charge in [-0.3, -0.25) is 4.79 Å². The van der Waals surface area contributed by atoms with Gasteiger partial charge in [-0.25, -0.2) is 0 Å². The smallest absolute Gasteiger partial charge is 0.237 e. The lowest BCUT2D eigenvalue weighted by Gasteiger charge is -2.36. The quantitative estimate of drug-likeness (QED) is 0.558. The normalized spacial score (nSPS) is 20.0. The van der Waals surface area contributed by atoms with Crippen LogP contribution in [0.3, 0.4) is 0 Å². The van der Waals surface area contributed by atoms with Gasteiger partial charge in [-0.1, -0.05) is 54.6 Å². The zero-order valence-corrected chi connectivity index (χ0v) is 18.3. The fourth-order valence-electron chi connectivity index (χ4n) is 5.31. The first-order chi connectivity index (χ1) is 15.0. The van der Waals surface area contributed by atoms with Crippen molar-refractivity contribution in [1.82, 2.24) is 0 Å². The van der Waals surface area contributed by atoms with Crippen molar-refractivity contribution in [3.05, 3.63) is 101 Å². The van der Waals surface area contributed by atoms with Crippen LogP contribution in [0, 0.1) is 5.41 Å².